The van der Waals surface area contributed by atoms with Crippen molar-refractivity contribution in [2.75, 3.05) is 16.8 Å². The molecule has 222 valence electrons. The summed E-state index contributed by atoms with van der Waals surface area (Å²) in [5.41, 5.74) is -0.543. The van der Waals surface area contributed by atoms with Crippen LogP contribution >= 0.6 is 11.6 Å². The zero-order valence-corrected chi connectivity index (χ0v) is 23.6. The zero-order valence-electron chi connectivity index (χ0n) is 22.8. The fourth-order valence-electron chi connectivity index (χ4n) is 5.22. The van der Waals surface area contributed by atoms with Crippen molar-refractivity contribution in [2.45, 2.75) is 39.3 Å². The molecule has 2 N–H and O–H groups in total. The number of nitrogens with zero attached hydrogens (tertiary/aromatic N) is 7. The number of alkyl halides is 2. The van der Waals surface area contributed by atoms with Crippen molar-refractivity contribution in [3.05, 3.63) is 75.8 Å². The minimum absolute atomic E-state index is 0.0868. The van der Waals surface area contributed by atoms with Crippen LogP contribution in [-0.4, -0.2) is 53.4 Å². The number of piperidine rings is 1. The summed E-state index contributed by atoms with van der Waals surface area (Å²) in [6, 6.07) is 3.79. The monoisotopic (exact) mass is 612 g/mol. The van der Waals surface area contributed by atoms with E-state index in [9.17, 15) is 27.9 Å². The smallest absolute Gasteiger partial charge is 0.276 e. The number of nitrogens with one attached hydrogen (secondary N) is 1. The number of aliphatic hydroxyl groups is 1. The van der Waals surface area contributed by atoms with Gasteiger partial charge in [0.2, 0.25) is 5.91 Å². The molecule has 3 aromatic heterocycles. The first-order valence-electron chi connectivity index (χ1n) is 13.3. The highest BCUT2D eigenvalue weighted by molar-refractivity contribution is 6.31. The predicted molar refractivity (Wildman–Crippen MR) is 148 cm³/mol. The minimum atomic E-state index is -3.05. The van der Waals surface area contributed by atoms with Gasteiger partial charge in [-0.1, -0.05) is 17.7 Å². The Bertz CT molecular complexity index is 1770. The molecule has 11 nitrogen and oxygen atoms in total. The summed E-state index contributed by atoms with van der Waals surface area (Å²) in [4.78, 5) is 35.5. The molecule has 3 atom stereocenters. The Hall–Kier alpha value is -4.43. The van der Waals surface area contributed by atoms with Crippen LogP contribution in [0.3, 0.4) is 0 Å². The number of aromatic nitrogens is 6. The highest BCUT2D eigenvalue weighted by atomic mass is 35.5. The number of amides is 2. The lowest BCUT2D eigenvalue weighted by atomic mass is 10.0. The van der Waals surface area contributed by atoms with Gasteiger partial charge in [0.15, 0.2) is 17.3 Å². The van der Waals surface area contributed by atoms with Crippen LogP contribution < -0.4 is 10.2 Å². The lowest BCUT2D eigenvalue weighted by molar-refractivity contribution is -0.118. The third-order valence-corrected chi connectivity index (χ3v) is 7.72. The Kier molecular flexibility index (Phi) is 7.34. The van der Waals surface area contributed by atoms with Crippen molar-refractivity contribution in [1.82, 2.24) is 29.9 Å². The highest BCUT2D eigenvalue weighted by Crippen LogP contribution is 2.47. The number of benzene rings is 1. The van der Waals surface area contributed by atoms with E-state index < -0.39 is 46.1 Å². The lowest BCUT2D eigenvalue weighted by Crippen LogP contribution is -2.30. The molecule has 2 amide bonds. The van der Waals surface area contributed by atoms with Crippen LogP contribution in [-0.2, 0) is 11.3 Å². The summed E-state index contributed by atoms with van der Waals surface area (Å²) in [5.74, 6) is -0.824. The SMILES string of the molecule is Cc1cc(Cn2cc(NC(=O)c3nc(-c4c(C(F)F)ccc(Cl)c4F)cnc3[C@@H](C)O)cn2)nnc1N1C[C@H]2C[C@H]2C1=O. The van der Waals surface area contributed by atoms with E-state index in [1.165, 1.54) is 24.0 Å². The van der Waals surface area contributed by atoms with Gasteiger partial charge in [-0.2, -0.15) is 10.2 Å². The molecule has 2 aliphatic rings. The molecule has 0 radical (unpaired) electrons. The number of rotatable bonds is 8. The number of hydrogen-bond donors (Lipinski definition) is 2. The molecule has 0 spiro atoms. The van der Waals surface area contributed by atoms with Crippen molar-refractivity contribution < 1.29 is 27.9 Å². The van der Waals surface area contributed by atoms with Crippen molar-refractivity contribution in [3.8, 4) is 11.3 Å². The number of halogens is 4. The molecule has 1 aromatic carbocycles. The van der Waals surface area contributed by atoms with E-state index in [1.807, 2.05) is 13.0 Å². The van der Waals surface area contributed by atoms with Crippen LogP contribution in [0.4, 0.5) is 24.7 Å². The van der Waals surface area contributed by atoms with Crippen LogP contribution in [0.1, 0.15) is 58.9 Å². The summed E-state index contributed by atoms with van der Waals surface area (Å²) in [6.07, 6.45) is 0.513. The fraction of sp³-hybridized carbons (Fsp3) is 0.321. The molecule has 0 bridgehead atoms. The van der Waals surface area contributed by atoms with Gasteiger partial charge in [0.25, 0.3) is 12.3 Å². The van der Waals surface area contributed by atoms with Crippen LogP contribution in [0.25, 0.3) is 11.3 Å². The van der Waals surface area contributed by atoms with E-state index in [4.69, 9.17) is 11.6 Å². The minimum Gasteiger partial charge on any atom is -0.387 e. The maximum atomic E-state index is 14.9. The second kappa shape index (κ2) is 11.0. The van der Waals surface area contributed by atoms with Gasteiger partial charge in [0, 0.05) is 29.8 Å². The Labute approximate surface area is 247 Å². The van der Waals surface area contributed by atoms with Crippen LogP contribution in [0.5, 0.6) is 0 Å². The number of anilines is 2. The van der Waals surface area contributed by atoms with E-state index in [0.717, 1.165) is 30.3 Å². The van der Waals surface area contributed by atoms with E-state index in [1.54, 1.807) is 4.90 Å². The molecule has 0 unspecified atom stereocenters. The van der Waals surface area contributed by atoms with E-state index in [2.05, 4.69) is 30.6 Å². The molecule has 4 heterocycles. The van der Waals surface area contributed by atoms with E-state index in [0.29, 0.717) is 24.0 Å². The van der Waals surface area contributed by atoms with Crippen molar-refractivity contribution in [2.24, 2.45) is 11.8 Å². The Balaban J connectivity index is 1.21. The largest absolute Gasteiger partial charge is 0.387 e. The number of aryl methyl sites for hydroxylation is 1. The molecule has 1 saturated carbocycles. The van der Waals surface area contributed by atoms with Crippen LogP contribution in [0, 0.1) is 24.6 Å². The average Bonchev–Trinajstić information content (AvgIpc) is 3.49. The third-order valence-electron chi connectivity index (χ3n) is 7.43. The second-order valence-electron chi connectivity index (χ2n) is 10.6. The van der Waals surface area contributed by atoms with E-state index >= 15 is 0 Å². The zero-order chi connectivity index (χ0) is 30.6. The molecular formula is C28H24ClF3N8O3. The Morgan fingerprint density at radius 1 is 1.26 bits per heavy atom. The second-order valence-corrected chi connectivity index (χ2v) is 11.0. The number of aliphatic hydroxyl groups excluding tert-OH is 1. The Morgan fingerprint density at radius 2 is 2.05 bits per heavy atom. The van der Waals surface area contributed by atoms with Crippen molar-refractivity contribution >= 4 is 34.9 Å². The molecule has 2 fully saturated rings. The first-order chi connectivity index (χ1) is 20.5. The van der Waals surface area contributed by atoms with Gasteiger partial charge < -0.3 is 10.4 Å². The first kappa shape index (κ1) is 28.7. The van der Waals surface area contributed by atoms with Gasteiger partial charge >= 0.3 is 0 Å². The van der Waals surface area contributed by atoms with Gasteiger partial charge in [-0.3, -0.25) is 24.2 Å². The van der Waals surface area contributed by atoms with Crippen molar-refractivity contribution in [1.29, 1.82) is 0 Å². The Morgan fingerprint density at radius 3 is 2.72 bits per heavy atom. The molecule has 1 aliphatic heterocycles. The molecule has 4 aromatic rings. The molecule has 1 saturated heterocycles. The lowest BCUT2D eigenvalue weighted by Gasteiger charge is -2.18. The highest BCUT2D eigenvalue weighted by Gasteiger charge is 2.53. The quantitative estimate of drug-likeness (QED) is 0.296. The molecule has 15 heteroatoms. The molecule has 6 rings (SSSR count). The van der Waals surface area contributed by atoms with Crippen LogP contribution in [0.15, 0.2) is 36.8 Å². The summed E-state index contributed by atoms with van der Waals surface area (Å²) in [6.45, 7) is 4.07. The maximum absolute atomic E-state index is 14.9. The summed E-state index contributed by atoms with van der Waals surface area (Å²) < 4.78 is 43.7. The molecular weight excluding hydrogens is 589 g/mol. The number of carbonyl (C=O) groups excluding carboxylic acids is 2. The van der Waals surface area contributed by atoms with Gasteiger partial charge in [-0.15, -0.1) is 5.10 Å². The van der Waals surface area contributed by atoms with E-state index in [-0.39, 0.29) is 35.4 Å². The van der Waals surface area contributed by atoms with Gasteiger partial charge in [0.05, 0.1) is 52.8 Å². The number of carbonyl (C=O) groups is 2. The third kappa shape index (κ3) is 5.43. The van der Waals surface area contributed by atoms with Gasteiger partial charge in [-0.25, -0.2) is 18.2 Å². The molecule has 1 aliphatic carbocycles. The number of fused-ring (bicyclic) bond motifs is 1. The average molecular weight is 613 g/mol. The first-order valence-corrected chi connectivity index (χ1v) is 13.7. The van der Waals surface area contributed by atoms with Crippen LogP contribution in [0.2, 0.25) is 5.02 Å². The maximum Gasteiger partial charge on any atom is 0.276 e. The normalized spacial score (nSPS) is 18.2. The standard InChI is InChI=1S/C28H24ClF3N8O3/c1-12-5-15(37-38-26(12)40-9-14-6-18(14)28(40)43)10-39-11-16(7-34-39)35-27(42)24-23(13(2)41)33-8-20(36-24)21-17(25(31)32)3-4-19(29)22(21)30/h3-5,7-8,11,13-14,18,25,41H,6,9-10H2,1-2H3,(H,35,42)/t13-,14-,18-/m1/s1. The molecule has 43 heavy (non-hydrogen) atoms. The van der Waals surface area contributed by atoms with Gasteiger partial charge in [0.1, 0.15) is 0 Å². The van der Waals surface area contributed by atoms with Gasteiger partial charge in [-0.05, 0) is 43.9 Å². The number of hydrogen-bond acceptors (Lipinski definition) is 8. The fourth-order valence-corrected chi connectivity index (χ4v) is 5.37. The predicted octanol–water partition coefficient (Wildman–Crippen LogP) is 4.51. The summed E-state index contributed by atoms with van der Waals surface area (Å²) in [5, 5.41) is 25.1. The topological polar surface area (TPSA) is 139 Å². The van der Waals surface area contributed by atoms with Crippen molar-refractivity contribution in [3.63, 3.8) is 0 Å². The summed E-state index contributed by atoms with van der Waals surface area (Å²) in [7, 11) is 0. The summed E-state index contributed by atoms with van der Waals surface area (Å²) >= 11 is 5.83.